The molecule has 0 saturated heterocycles. The van der Waals surface area contributed by atoms with E-state index in [1.54, 1.807) is 0 Å². The van der Waals surface area contributed by atoms with Gasteiger partial charge in [0.05, 0.1) is 6.04 Å². The van der Waals surface area contributed by atoms with Crippen molar-refractivity contribution in [3.8, 4) is 11.9 Å². The lowest BCUT2D eigenvalue weighted by atomic mass is 9.48. The van der Waals surface area contributed by atoms with E-state index in [1.807, 2.05) is 50.4 Å². The number of carbonyl (C=O) groups is 1. The normalized spacial score (nSPS) is 34.0. The Balaban J connectivity index is 1.60. The fourth-order valence-corrected chi connectivity index (χ4v) is 5.88. The van der Waals surface area contributed by atoms with Gasteiger partial charge in [-0.05, 0) is 75.8 Å². The molecule has 6 nitrogen and oxygen atoms in total. The zero-order valence-corrected chi connectivity index (χ0v) is 16.5. The Labute approximate surface area is 166 Å². The Kier molecular flexibility index (Phi) is 4.57. The second-order valence-corrected chi connectivity index (χ2v) is 9.25. The summed E-state index contributed by atoms with van der Waals surface area (Å²) >= 11 is 0. The number of benzene rings is 1. The predicted molar refractivity (Wildman–Crippen MR) is 106 cm³/mol. The maximum absolute atomic E-state index is 12.2. The number of nitrogens with two attached hydrogens (primary N) is 1. The molecule has 148 valence electrons. The van der Waals surface area contributed by atoms with Gasteiger partial charge < -0.3 is 10.5 Å². The van der Waals surface area contributed by atoms with Crippen molar-refractivity contribution in [3.05, 3.63) is 30.3 Å². The molecule has 0 spiro atoms. The van der Waals surface area contributed by atoms with E-state index in [9.17, 15) is 10.1 Å². The van der Waals surface area contributed by atoms with Crippen molar-refractivity contribution in [3.63, 3.8) is 0 Å². The van der Waals surface area contributed by atoms with Crippen LogP contribution in [0, 0.1) is 34.6 Å². The molecule has 4 saturated carbocycles. The van der Waals surface area contributed by atoms with Gasteiger partial charge in [0.25, 0.3) is 0 Å². The fourth-order valence-electron chi connectivity index (χ4n) is 5.88. The minimum Gasteiger partial charge on any atom is -0.480 e. The van der Waals surface area contributed by atoms with E-state index in [2.05, 4.69) is 5.32 Å². The minimum absolute atomic E-state index is 0.110. The first-order chi connectivity index (χ1) is 13.3. The highest BCUT2D eigenvalue weighted by atomic mass is 16.5. The third-order valence-electron chi connectivity index (χ3n) is 6.89. The van der Waals surface area contributed by atoms with Gasteiger partial charge >= 0.3 is 0 Å². The Morgan fingerprint density at radius 1 is 1.25 bits per heavy atom. The topological polar surface area (TPSA) is 100 Å². The highest BCUT2D eigenvalue weighted by molar-refractivity contribution is 5.91. The summed E-state index contributed by atoms with van der Waals surface area (Å²) in [5.74, 6) is 2.42. The van der Waals surface area contributed by atoms with Crippen LogP contribution in [0.2, 0.25) is 0 Å². The van der Waals surface area contributed by atoms with E-state index in [0.29, 0.717) is 23.6 Å². The molecule has 4 fully saturated rings. The minimum atomic E-state index is -0.771. The lowest BCUT2D eigenvalue weighted by molar-refractivity contribution is -0.144. The van der Waals surface area contributed by atoms with Crippen molar-refractivity contribution < 1.29 is 9.53 Å². The molecule has 3 N–H and O–H groups in total. The molecule has 2 atom stereocenters. The molecule has 4 aliphatic carbocycles. The third-order valence-corrected chi connectivity index (χ3v) is 6.89. The lowest BCUT2D eigenvalue weighted by Crippen LogP contribution is -2.58. The van der Waals surface area contributed by atoms with Gasteiger partial charge in [-0.15, -0.1) is 0 Å². The molecular weight excluding hydrogens is 352 g/mol. The standard InChI is InChI=1S/C22H28N4O2/c1-21(2,28-17-6-4-3-5-7-17)20(25-13-23)26-18-15-8-14-9-16(18)12-22(10-14,11-15)19(24)27/h3-7,14-16,18H,8-12H2,1-2H3,(H2,24,27)(H,25,26). The first kappa shape index (κ1) is 18.8. The van der Waals surface area contributed by atoms with Gasteiger partial charge in [0.2, 0.25) is 5.91 Å². The number of nitrogens with zero attached hydrogens (tertiary/aromatic N) is 2. The number of amidine groups is 1. The molecule has 4 bridgehead atoms. The molecule has 1 aromatic rings. The van der Waals surface area contributed by atoms with Crippen LogP contribution in [-0.4, -0.2) is 23.4 Å². The van der Waals surface area contributed by atoms with Gasteiger partial charge in [-0.2, -0.15) is 5.26 Å². The van der Waals surface area contributed by atoms with E-state index in [4.69, 9.17) is 15.5 Å². The fraction of sp³-hybridized carbons (Fsp3) is 0.591. The summed E-state index contributed by atoms with van der Waals surface area (Å²) in [6, 6.07) is 9.67. The third kappa shape index (κ3) is 3.23. The summed E-state index contributed by atoms with van der Waals surface area (Å²) in [5, 5.41) is 12.1. The van der Waals surface area contributed by atoms with E-state index < -0.39 is 5.60 Å². The molecule has 4 aliphatic rings. The molecule has 1 amide bonds. The average molecular weight is 380 g/mol. The maximum atomic E-state index is 12.2. The van der Waals surface area contributed by atoms with Gasteiger partial charge in [0.1, 0.15) is 5.75 Å². The quantitative estimate of drug-likeness (QED) is 0.355. The average Bonchev–Trinajstić information content (AvgIpc) is 2.63. The largest absolute Gasteiger partial charge is 0.480 e. The van der Waals surface area contributed by atoms with Crippen LogP contribution in [0.5, 0.6) is 5.75 Å². The predicted octanol–water partition coefficient (Wildman–Crippen LogP) is 2.99. The molecule has 0 aromatic heterocycles. The number of amides is 1. The van der Waals surface area contributed by atoms with Crippen LogP contribution >= 0.6 is 0 Å². The summed E-state index contributed by atoms with van der Waals surface area (Å²) in [5.41, 5.74) is 4.69. The molecule has 0 heterocycles. The summed E-state index contributed by atoms with van der Waals surface area (Å²) < 4.78 is 6.15. The summed E-state index contributed by atoms with van der Waals surface area (Å²) in [6.45, 7) is 3.84. The van der Waals surface area contributed by atoms with Gasteiger partial charge in [-0.1, -0.05) is 18.2 Å². The van der Waals surface area contributed by atoms with E-state index in [0.717, 1.165) is 37.9 Å². The van der Waals surface area contributed by atoms with Gasteiger partial charge in [0.15, 0.2) is 17.6 Å². The SMILES string of the molecule is CC(C)(Oc1ccccc1)C(=NC1C2CC3CC1CC(C(N)=O)(C3)C2)NC#N. The van der Waals surface area contributed by atoms with Crippen molar-refractivity contribution in [2.24, 2.45) is 33.9 Å². The van der Waals surface area contributed by atoms with Crippen LogP contribution in [0.15, 0.2) is 35.3 Å². The highest BCUT2D eigenvalue weighted by Gasteiger charge is 2.58. The van der Waals surface area contributed by atoms with E-state index >= 15 is 0 Å². The first-order valence-corrected chi connectivity index (χ1v) is 10.1. The lowest BCUT2D eigenvalue weighted by Gasteiger charge is -2.57. The molecule has 0 aliphatic heterocycles. The van der Waals surface area contributed by atoms with Crippen molar-refractivity contribution in [2.45, 2.75) is 57.6 Å². The zero-order valence-electron chi connectivity index (χ0n) is 16.5. The van der Waals surface area contributed by atoms with Crippen LogP contribution in [0.1, 0.15) is 46.0 Å². The van der Waals surface area contributed by atoms with Crippen LogP contribution in [0.4, 0.5) is 0 Å². The zero-order chi connectivity index (χ0) is 19.9. The maximum Gasteiger partial charge on any atom is 0.223 e. The highest BCUT2D eigenvalue weighted by Crippen LogP contribution is 2.60. The molecule has 0 radical (unpaired) electrons. The van der Waals surface area contributed by atoms with Gasteiger partial charge in [0, 0.05) is 5.41 Å². The van der Waals surface area contributed by atoms with Crippen molar-refractivity contribution >= 4 is 11.7 Å². The number of ether oxygens (including phenoxy) is 1. The number of hydrogen-bond acceptors (Lipinski definition) is 4. The van der Waals surface area contributed by atoms with Crippen molar-refractivity contribution in [2.75, 3.05) is 0 Å². The monoisotopic (exact) mass is 380 g/mol. The van der Waals surface area contributed by atoms with Crippen LogP contribution < -0.4 is 15.8 Å². The van der Waals surface area contributed by atoms with Gasteiger partial charge in [-0.25, -0.2) is 0 Å². The number of hydrogen-bond donors (Lipinski definition) is 2. The molecule has 1 aromatic carbocycles. The molecule has 6 heteroatoms. The van der Waals surface area contributed by atoms with Crippen LogP contribution in [0.3, 0.4) is 0 Å². The van der Waals surface area contributed by atoms with E-state index in [-0.39, 0.29) is 17.4 Å². The number of rotatable bonds is 5. The van der Waals surface area contributed by atoms with Crippen molar-refractivity contribution in [1.29, 1.82) is 5.26 Å². The van der Waals surface area contributed by atoms with Crippen LogP contribution in [0.25, 0.3) is 0 Å². The Hall–Kier alpha value is -2.55. The van der Waals surface area contributed by atoms with Crippen LogP contribution in [-0.2, 0) is 4.79 Å². The number of carbonyl (C=O) groups excluding carboxylic acids is 1. The smallest absolute Gasteiger partial charge is 0.223 e. The van der Waals surface area contributed by atoms with Crippen molar-refractivity contribution in [1.82, 2.24) is 5.32 Å². The Morgan fingerprint density at radius 3 is 2.46 bits per heavy atom. The molecular formula is C22H28N4O2. The molecule has 5 rings (SSSR count). The first-order valence-electron chi connectivity index (χ1n) is 10.1. The number of aliphatic imine (C=N–C) groups is 1. The molecule has 2 unspecified atom stereocenters. The number of nitrogens with one attached hydrogen (secondary N) is 1. The van der Waals surface area contributed by atoms with E-state index in [1.165, 1.54) is 0 Å². The summed E-state index contributed by atoms with van der Waals surface area (Å²) in [6.07, 6.45) is 6.80. The number of nitriles is 1. The Morgan fingerprint density at radius 2 is 1.89 bits per heavy atom. The Bertz CT molecular complexity index is 811. The summed E-state index contributed by atoms with van der Waals surface area (Å²) in [4.78, 5) is 17.2. The number of para-hydroxylation sites is 1. The number of primary amides is 1. The second kappa shape index (κ2) is 6.80. The van der Waals surface area contributed by atoms with Gasteiger partial charge in [-0.3, -0.25) is 15.1 Å². The molecule has 28 heavy (non-hydrogen) atoms. The second-order valence-electron chi connectivity index (χ2n) is 9.25. The summed E-state index contributed by atoms with van der Waals surface area (Å²) in [7, 11) is 0.